The molecule has 17 heavy (non-hydrogen) atoms. The highest BCUT2D eigenvalue weighted by Crippen LogP contribution is 2.24. The second-order valence-corrected chi connectivity index (χ2v) is 4.99. The topological polar surface area (TPSA) is 53.2 Å². The lowest BCUT2D eigenvalue weighted by molar-refractivity contribution is 0.0783. The molecule has 1 aliphatic heterocycles. The first-order valence-electron chi connectivity index (χ1n) is 6.06. The van der Waals surface area contributed by atoms with Gasteiger partial charge in [0.1, 0.15) is 0 Å². The van der Waals surface area contributed by atoms with Crippen LogP contribution < -0.4 is 5.56 Å². The van der Waals surface area contributed by atoms with Crippen LogP contribution in [0.15, 0.2) is 23.1 Å². The summed E-state index contributed by atoms with van der Waals surface area (Å²) in [6.07, 6.45) is 2.57. The molecule has 92 valence electrons. The van der Waals surface area contributed by atoms with E-state index in [1.807, 2.05) is 4.90 Å². The molecule has 1 aromatic rings. The van der Waals surface area contributed by atoms with Crippen LogP contribution in [-0.2, 0) is 0 Å². The van der Waals surface area contributed by atoms with Crippen molar-refractivity contribution in [1.29, 1.82) is 0 Å². The molecule has 1 saturated heterocycles. The summed E-state index contributed by atoms with van der Waals surface area (Å²) in [4.78, 5) is 27.5. The molecule has 1 unspecified atom stereocenters. The number of amides is 1. The first-order chi connectivity index (χ1) is 8.08. The molecule has 1 N–H and O–H groups in total. The zero-order valence-electron chi connectivity index (χ0n) is 10.3. The Labute approximate surface area is 101 Å². The van der Waals surface area contributed by atoms with E-state index in [1.54, 1.807) is 6.07 Å². The van der Waals surface area contributed by atoms with Crippen LogP contribution >= 0.6 is 0 Å². The average molecular weight is 234 g/mol. The van der Waals surface area contributed by atoms with Gasteiger partial charge in [-0.25, -0.2) is 0 Å². The van der Waals surface area contributed by atoms with Crippen molar-refractivity contribution in [3.8, 4) is 0 Å². The number of H-pyrrole nitrogens is 1. The molecule has 1 aliphatic rings. The smallest absolute Gasteiger partial charge is 0.255 e. The molecule has 0 bridgehead atoms. The fraction of sp³-hybridized carbons (Fsp3) is 0.538. The monoisotopic (exact) mass is 234 g/mol. The number of carbonyl (C=O) groups is 1. The molecule has 4 nitrogen and oxygen atoms in total. The van der Waals surface area contributed by atoms with Crippen molar-refractivity contribution >= 4 is 5.91 Å². The van der Waals surface area contributed by atoms with E-state index in [0.29, 0.717) is 17.4 Å². The lowest BCUT2D eigenvalue weighted by atomic mass is 9.95. The van der Waals surface area contributed by atoms with Crippen molar-refractivity contribution in [2.45, 2.75) is 20.3 Å². The Kier molecular flexibility index (Phi) is 3.31. The zero-order chi connectivity index (χ0) is 12.4. The van der Waals surface area contributed by atoms with Crippen LogP contribution in [0.5, 0.6) is 0 Å². The fourth-order valence-electron chi connectivity index (χ4n) is 2.24. The number of hydrogen-bond donors (Lipinski definition) is 1. The van der Waals surface area contributed by atoms with Gasteiger partial charge in [0, 0.05) is 25.4 Å². The first kappa shape index (κ1) is 11.9. The van der Waals surface area contributed by atoms with E-state index < -0.39 is 0 Å². The Balaban J connectivity index is 2.07. The van der Waals surface area contributed by atoms with Crippen molar-refractivity contribution in [3.05, 3.63) is 34.2 Å². The molecule has 0 spiro atoms. The van der Waals surface area contributed by atoms with Crippen LogP contribution in [-0.4, -0.2) is 28.9 Å². The molecule has 4 heteroatoms. The fourth-order valence-corrected chi connectivity index (χ4v) is 2.24. The predicted molar refractivity (Wildman–Crippen MR) is 65.9 cm³/mol. The van der Waals surface area contributed by atoms with Gasteiger partial charge in [-0.05, 0) is 24.3 Å². The van der Waals surface area contributed by atoms with Crippen molar-refractivity contribution in [3.63, 3.8) is 0 Å². The Hall–Kier alpha value is -1.58. The van der Waals surface area contributed by atoms with Gasteiger partial charge >= 0.3 is 0 Å². The van der Waals surface area contributed by atoms with Gasteiger partial charge in [0.05, 0.1) is 5.56 Å². The maximum atomic E-state index is 12.1. The van der Waals surface area contributed by atoms with E-state index in [0.717, 1.165) is 19.5 Å². The number of aromatic nitrogens is 1. The number of nitrogens with zero attached hydrogens (tertiary/aromatic N) is 1. The molecule has 1 amide bonds. The van der Waals surface area contributed by atoms with E-state index in [2.05, 4.69) is 18.8 Å². The summed E-state index contributed by atoms with van der Waals surface area (Å²) in [5, 5.41) is 0. The van der Waals surface area contributed by atoms with E-state index in [4.69, 9.17) is 0 Å². The molecule has 0 aromatic carbocycles. The molecule has 0 saturated carbocycles. The summed E-state index contributed by atoms with van der Waals surface area (Å²) in [7, 11) is 0. The molecular formula is C13H18N2O2. The van der Waals surface area contributed by atoms with Crippen LogP contribution in [0.2, 0.25) is 0 Å². The summed E-state index contributed by atoms with van der Waals surface area (Å²) < 4.78 is 0. The summed E-state index contributed by atoms with van der Waals surface area (Å²) in [6, 6.07) is 2.98. The number of pyridine rings is 1. The minimum atomic E-state index is -0.178. The van der Waals surface area contributed by atoms with Crippen molar-refractivity contribution in [2.24, 2.45) is 11.8 Å². The van der Waals surface area contributed by atoms with E-state index in [-0.39, 0.29) is 11.5 Å². The molecular weight excluding hydrogens is 216 g/mol. The van der Waals surface area contributed by atoms with Gasteiger partial charge in [-0.3, -0.25) is 9.59 Å². The summed E-state index contributed by atoms with van der Waals surface area (Å²) in [5.74, 6) is 1.23. The Morgan fingerprint density at radius 3 is 2.76 bits per heavy atom. The molecule has 2 heterocycles. The summed E-state index contributed by atoms with van der Waals surface area (Å²) in [6.45, 7) is 6.04. The molecule has 0 radical (unpaired) electrons. The van der Waals surface area contributed by atoms with Gasteiger partial charge in [-0.2, -0.15) is 0 Å². The summed E-state index contributed by atoms with van der Waals surface area (Å²) >= 11 is 0. The van der Waals surface area contributed by atoms with Gasteiger partial charge in [0.15, 0.2) is 0 Å². The third kappa shape index (κ3) is 2.57. The van der Waals surface area contributed by atoms with Crippen LogP contribution in [0.3, 0.4) is 0 Å². The van der Waals surface area contributed by atoms with Gasteiger partial charge in [-0.1, -0.05) is 13.8 Å². The number of carbonyl (C=O) groups excluding carboxylic acids is 1. The largest absolute Gasteiger partial charge is 0.338 e. The number of nitrogens with one attached hydrogen (secondary N) is 1. The lowest BCUT2D eigenvalue weighted by Gasteiger charge is -2.18. The highest BCUT2D eigenvalue weighted by molar-refractivity contribution is 5.94. The Bertz CT molecular complexity index is 444. The quantitative estimate of drug-likeness (QED) is 0.843. The van der Waals surface area contributed by atoms with Crippen molar-refractivity contribution < 1.29 is 4.79 Å². The number of hydrogen-bond acceptors (Lipinski definition) is 2. The minimum absolute atomic E-state index is 0.0180. The molecule has 0 aliphatic carbocycles. The highest BCUT2D eigenvalue weighted by Gasteiger charge is 2.28. The van der Waals surface area contributed by atoms with Crippen molar-refractivity contribution in [1.82, 2.24) is 9.88 Å². The molecule has 1 aromatic heterocycles. The van der Waals surface area contributed by atoms with Crippen molar-refractivity contribution in [2.75, 3.05) is 13.1 Å². The lowest BCUT2D eigenvalue weighted by Crippen LogP contribution is -2.29. The van der Waals surface area contributed by atoms with Gasteiger partial charge < -0.3 is 9.88 Å². The van der Waals surface area contributed by atoms with Crippen LogP contribution in [0.4, 0.5) is 0 Å². The molecule has 1 atom stereocenters. The SMILES string of the molecule is CC(C)C1CCN(C(=O)c2ccc(=O)[nH]c2)C1. The van der Waals surface area contributed by atoms with Gasteiger partial charge in [0.25, 0.3) is 5.91 Å². The van der Waals surface area contributed by atoms with Crippen LogP contribution in [0, 0.1) is 11.8 Å². The number of rotatable bonds is 2. The van der Waals surface area contributed by atoms with Gasteiger partial charge in [-0.15, -0.1) is 0 Å². The first-order valence-corrected chi connectivity index (χ1v) is 6.06. The Morgan fingerprint density at radius 2 is 2.24 bits per heavy atom. The van der Waals surface area contributed by atoms with E-state index in [1.165, 1.54) is 12.3 Å². The average Bonchev–Trinajstić information content (AvgIpc) is 2.78. The van der Waals surface area contributed by atoms with Crippen LogP contribution in [0.25, 0.3) is 0 Å². The normalized spacial score (nSPS) is 19.9. The maximum Gasteiger partial charge on any atom is 0.255 e. The number of aromatic amines is 1. The Morgan fingerprint density at radius 1 is 1.47 bits per heavy atom. The molecule has 2 rings (SSSR count). The minimum Gasteiger partial charge on any atom is -0.338 e. The summed E-state index contributed by atoms with van der Waals surface area (Å²) in [5.41, 5.74) is 0.386. The zero-order valence-corrected chi connectivity index (χ0v) is 10.3. The van der Waals surface area contributed by atoms with Crippen LogP contribution in [0.1, 0.15) is 30.6 Å². The number of likely N-dealkylation sites (tertiary alicyclic amines) is 1. The second-order valence-electron chi connectivity index (χ2n) is 4.99. The maximum absolute atomic E-state index is 12.1. The second kappa shape index (κ2) is 4.73. The van der Waals surface area contributed by atoms with E-state index >= 15 is 0 Å². The van der Waals surface area contributed by atoms with E-state index in [9.17, 15) is 9.59 Å². The predicted octanol–water partition coefficient (Wildman–Crippen LogP) is 1.49. The third-order valence-corrected chi connectivity index (χ3v) is 3.49. The van der Waals surface area contributed by atoms with Gasteiger partial charge in [0.2, 0.25) is 5.56 Å². The highest BCUT2D eigenvalue weighted by atomic mass is 16.2. The standard InChI is InChI=1S/C13H18N2O2/c1-9(2)11-5-6-15(8-11)13(17)10-3-4-12(16)14-7-10/h3-4,7,9,11H,5-6,8H2,1-2H3,(H,14,16). The molecule has 1 fully saturated rings. The third-order valence-electron chi connectivity index (χ3n) is 3.49.